The fourth-order valence-corrected chi connectivity index (χ4v) is 6.43. The van der Waals surface area contributed by atoms with Crippen molar-refractivity contribution in [1.29, 1.82) is 0 Å². The fourth-order valence-electron chi connectivity index (χ4n) is 5.42. The van der Waals surface area contributed by atoms with E-state index in [4.69, 9.17) is 5.11 Å². The van der Waals surface area contributed by atoms with Crippen molar-refractivity contribution in [2.75, 3.05) is 49.5 Å². The Labute approximate surface area is 255 Å². The first kappa shape index (κ1) is 31.7. The summed E-state index contributed by atoms with van der Waals surface area (Å²) in [5, 5.41) is 11.7. The molecule has 1 atom stereocenters. The van der Waals surface area contributed by atoms with Gasteiger partial charge in [0.15, 0.2) is 5.13 Å². The van der Waals surface area contributed by atoms with Crippen molar-refractivity contribution in [3.8, 4) is 11.3 Å². The number of likely N-dealkylation sites (tertiary alicyclic amines) is 1. The molecule has 0 saturated carbocycles. The molecule has 2 saturated heterocycles. The Morgan fingerprint density at radius 3 is 2.50 bits per heavy atom. The van der Waals surface area contributed by atoms with Crippen LogP contribution in [0.15, 0.2) is 30.6 Å². The number of hydrogen-bond acceptors (Lipinski definition) is 9. The topological polar surface area (TPSA) is 115 Å². The van der Waals surface area contributed by atoms with Gasteiger partial charge in [-0.25, -0.2) is 19.3 Å². The standard InChI is InChI=1S/C29H33F4N7O3S/c1-18-4-2-3-6-40(18)17-23-26(19-12-20(29(31,32)33)14-21(30)13-19)36-28(44-23)37-27(43)22-15-35-24(16-34-22)39-10-8-38(9-11-39)7-5-25(41)42/h12-16,18H,2-11,17H2,1H3,(H,41,42)(H,36,37,43)/t18-/m1/s1. The summed E-state index contributed by atoms with van der Waals surface area (Å²) in [6.45, 7) is 6.42. The quantitative estimate of drug-likeness (QED) is 0.314. The molecule has 236 valence electrons. The number of carboxylic acids is 1. The number of carboxylic acid groups (broad SMARTS) is 1. The van der Waals surface area contributed by atoms with Crippen LogP contribution in [0.2, 0.25) is 0 Å². The normalized spacial score (nSPS) is 18.4. The molecule has 44 heavy (non-hydrogen) atoms. The third-order valence-corrected chi connectivity index (χ3v) is 8.87. The molecule has 3 aromatic rings. The average Bonchev–Trinajstić information content (AvgIpc) is 3.38. The summed E-state index contributed by atoms with van der Waals surface area (Å²) >= 11 is 1.14. The molecule has 0 bridgehead atoms. The maximum absolute atomic E-state index is 14.3. The highest BCUT2D eigenvalue weighted by atomic mass is 32.1. The van der Waals surface area contributed by atoms with Crippen molar-refractivity contribution in [2.24, 2.45) is 0 Å². The Hall–Kier alpha value is -3.69. The van der Waals surface area contributed by atoms with Crippen LogP contribution in [0.25, 0.3) is 11.3 Å². The maximum atomic E-state index is 14.3. The van der Waals surface area contributed by atoms with E-state index in [0.29, 0.717) is 56.0 Å². The number of nitrogens with zero attached hydrogens (tertiary/aromatic N) is 6. The summed E-state index contributed by atoms with van der Waals surface area (Å²) in [6.07, 6.45) is 1.26. The Morgan fingerprint density at radius 1 is 1.07 bits per heavy atom. The number of carbonyl (C=O) groups is 2. The maximum Gasteiger partial charge on any atom is 0.416 e. The minimum atomic E-state index is -4.73. The third kappa shape index (κ3) is 7.87. The summed E-state index contributed by atoms with van der Waals surface area (Å²) in [7, 11) is 0. The minimum absolute atomic E-state index is 0.0130. The SMILES string of the molecule is C[C@@H]1CCCCN1Cc1sc(NC(=O)c2cnc(N3CCN(CCC(=O)O)CC3)cn2)nc1-c1cc(F)cc(C(F)(F)F)c1. The van der Waals surface area contributed by atoms with Crippen molar-refractivity contribution in [2.45, 2.75) is 51.4 Å². The zero-order valence-electron chi connectivity index (χ0n) is 24.1. The van der Waals surface area contributed by atoms with Crippen LogP contribution in [0, 0.1) is 5.82 Å². The number of thiazole rings is 1. The number of carbonyl (C=O) groups excluding carboxylic acids is 1. The second-order valence-corrected chi connectivity index (χ2v) is 12.1. The third-order valence-electron chi connectivity index (χ3n) is 7.91. The highest BCUT2D eigenvalue weighted by molar-refractivity contribution is 7.16. The van der Waals surface area contributed by atoms with E-state index >= 15 is 0 Å². The molecule has 1 amide bonds. The average molecular weight is 636 g/mol. The van der Waals surface area contributed by atoms with Crippen LogP contribution in [0.4, 0.5) is 28.5 Å². The van der Waals surface area contributed by atoms with Crippen molar-refractivity contribution < 1.29 is 32.3 Å². The van der Waals surface area contributed by atoms with Crippen molar-refractivity contribution in [3.63, 3.8) is 0 Å². The van der Waals surface area contributed by atoms with Gasteiger partial charge in [-0.2, -0.15) is 13.2 Å². The van der Waals surface area contributed by atoms with Crippen LogP contribution in [0.1, 0.15) is 53.5 Å². The number of hydrogen-bond donors (Lipinski definition) is 2. The molecule has 2 fully saturated rings. The number of aromatic nitrogens is 3. The monoisotopic (exact) mass is 635 g/mol. The number of aliphatic carboxylic acids is 1. The van der Waals surface area contributed by atoms with Gasteiger partial charge in [-0.05, 0) is 44.5 Å². The smallest absolute Gasteiger partial charge is 0.416 e. The number of nitrogens with one attached hydrogen (secondary N) is 1. The van der Waals surface area contributed by atoms with Crippen LogP contribution in [0.3, 0.4) is 0 Å². The highest BCUT2D eigenvalue weighted by Gasteiger charge is 2.32. The summed E-state index contributed by atoms with van der Waals surface area (Å²) in [6, 6.07) is 2.61. The van der Waals surface area contributed by atoms with Crippen molar-refractivity contribution >= 4 is 34.2 Å². The van der Waals surface area contributed by atoms with Crippen LogP contribution >= 0.6 is 11.3 Å². The molecule has 2 aromatic heterocycles. The Balaban J connectivity index is 1.32. The number of benzene rings is 1. The van der Waals surface area contributed by atoms with Gasteiger partial charge in [0, 0.05) is 55.8 Å². The first-order valence-corrected chi connectivity index (χ1v) is 15.2. The number of amides is 1. The summed E-state index contributed by atoms with van der Waals surface area (Å²) in [5.74, 6) is -1.86. The molecule has 5 rings (SSSR count). The molecule has 1 aromatic carbocycles. The summed E-state index contributed by atoms with van der Waals surface area (Å²) in [5.41, 5.74) is -0.903. The van der Waals surface area contributed by atoms with E-state index in [1.165, 1.54) is 12.4 Å². The van der Waals surface area contributed by atoms with Gasteiger partial charge < -0.3 is 10.0 Å². The zero-order valence-corrected chi connectivity index (χ0v) is 24.9. The molecule has 4 heterocycles. The van der Waals surface area contributed by atoms with E-state index in [-0.39, 0.29) is 34.5 Å². The second-order valence-electron chi connectivity index (χ2n) is 11.0. The van der Waals surface area contributed by atoms with Crippen LogP contribution in [0.5, 0.6) is 0 Å². The van der Waals surface area contributed by atoms with E-state index in [2.05, 4.69) is 37.0 Å². The van der Waals surface area contributed by atoms with Gasteiger partial charge >= 0.3 is 12.1 Å². The van der Waals surface area contributed by atoms with Crippen molar-refractivity contribution in [3.05, 3.63) is 52.5 Å². The summed E-state index contributed by atoms with van der Waals surface area (Å²) < 4.78 is 54.8. The van der Waals surface area contributed by atoms with Gasteiger partial charge in [-0.3, -0.25) is 24.7 Å². The van der Waals surface area contributed by atoms with E-state index in [0.717, 1.165) is 49.3 Å². The molecule has 0 aliphatic carbocycles. The summed E-state index contributed by atoms with van der Waals surface area (Å²) in [4.78, 5) is 43.9. The zero-order chi connectivity index (χ0) is 31.4. The van der Waals surface area contributed by atoms with Gasteiger partial charge in [0.2, 0.25) is 0 Å². The van der Waals surface area contributed by atoms with E-state index < -0.39 is 29.4 Å². The van der Waals surface area contributed by atoms with Gasteiger partial charge in [-0.15, -0.1) is 0 Å². The molecule has 15 heteroatoms. The molecule has 0 radical (unpaired) electrons. The van der Waals surface area contributed by atoms with Crippen LogP contribution in [-0.2, 0) is 17.5 Å². The Morgan fingerprint density at radius 2 is 1.84 bits per heavy atom. The number of halogens is 4. The first-order chi connectivity index (χ1) is 21.0. The lowest BCUT2D eigenvalue weighted by molar-refractivity contribution is -0.138. The molecule has 10 nitrogen and oxygen atoms in total. The largest absolute Gasteiger partial charge is 0.481 e. The molecular weight excluding hydrogens is 602 g/mol. The minimum Gasteiger partial charge on any atom is -0.481 e. The van der Waals surface area contributed by atoms with E-state index in [9.17, 15) is 27.2 Å². The Bertz CT molecular complexity index is 1480. The van der Waals surface area contributed by atoms with Gasteiger partial charge in [0.25, 0.3) is 5.91 Å². The molecule has 0 unspecified atom stereocenters. The van der Waals surface area contributed by atoms with Crippen LogP contribution in [-0.4, -0.2) is 87.0 Å². The lowest BCUT2D eigenvalue weighted by Crippen LogP contribution is -2.47. The predicted octanol–water partition coefficient (Wildman–Crippen LogP) is 4.98. The van der Waals surface area contributed by atoms with Crippen LogP contribution < -0.4 is 10.2 Å². The van der Waals surface area contributed by atoms with E-state index in [1.807, 2.05) is 4.90 Å². The van der Waals surface area contributed by atoms with E-state index in [1.54, 1.807) is 0 Å². The van der Waals surface area contributed by atoms with Crippen molar-refractivity contribution in [1.82, 2.24) is 24.8 Å². The first-order valence-electron chi connectivity index (χ1n) is 14.4. The number of rotatable bonds is 9. The molecule has 2 N–H and O–H groups in total. The molecular formula is C29H33F4N7O3S. The van der Waals surface area contributed by atoms with Gasteiger partial charge in [-0.1, -0.05) is 17.8 Å². The highest BCUT2D eigenvalue weighted by Crippen LogP contribution is 2.37. The lowest BCUT2D eigenvalue weighted by atomic mass is 10.0. The Kier molecular flexibility index (Phi) is 9.75. The number of piperazine rings is 1. The predicted molar refractivity (Wildman–Crippen MR) is 157 cm³/mol. The molecule has 2 aliphatic rings. The number of alkyl halides is 3. The number of anilines is 2. The van der Waals surface area contributed by atoms with Gasteiger partial charge in [0.05, 0.1) is 30.1 Å². The van der Waals surface area contributed by atoms with Gasteiger partial charge in [0.1, 0.15) is 17.3 Å². The lowest BCUT2D eigenvalue weighted by Gasteiger charge is -2.34. The molecule has 0 spiro atoms. The molecule has 2 aliphatic heterocycles. The second kappa shape index (κ2) is 13.5. The number of piperidine rings is 1. The fraction of sp³-hybridized carbons (Fsp3) is 0.483.